The van der Waals surface area contributed by atoms with E-state index in [0.29, 0.717) is 5.95 Å². The summed E-state index contributed by atoms with van der Waals surface area (Å²) in [5.74, 6) is 2.13. The van der Waals surface area contributed by atoms with Crippen LogP contribution in [0.3, 0.4) is 0 Å². The second-order valence-corrected chi connectivity index (χ2v) is 5.68. The Kier molecular flexibility index (Phi) is 4.89. The van der Waals surface area contributed by atoms with Gasteiger partial charge in [0.1, 0.15) is 0 Å². The van der Waals surface area contributed by atoms with E-state index in [1.54, 1.807) is 11.3 Å². The minimum atomic E-state index is 0.644. The largest absolute Gasteiger partial charge is 0.354 e. The summed E-state index contributed by atoms with van der Waals surface area (Å²) in [7, 11) is 0. The Balaban J connectivity index is 2.45. The van der Waals surface area contributed by atoms with Crippen LogP contribution >= 0.6 is 11.3 Å². The van der Waals surface area contributed by atoms with Gasteiger partial charge in [-0.25, -0.2) is 0 Å². The molecule has 20 heavy (non-hydrogen) atoms. The lowest BCUT2D eigenvalue weighted by atomic mass is 10.4. The van der Waals surface area contributed by atoms with E-state index in [1.807, 2.05) is 6.92 Å². The molecule has 0 saturated carbocycles. The highest BCUT2D eigenvalue weighted by Crippen LogP contribution is 2.26. The van der Waals surface area contributed by atoms with Crippen molar-refractivity contribution >= 4 is 23.2 Å². The molecule has 2 aromatic rings. The minimum Gasteiger partial charge on any atom is -0.354 e. The standard InChI is InChI=1S/C14H21N5S/c1-5-15-13-16-12(11-9-8-10(4)20-11)17-14(18-13)19(6-2)7-3/h8-9H,5-7H2,1-4H3,(H,15,16,17,18). The number of nitrogens with zero attached hydrogens (tertiary/aromatic N) is 4. The summed E-state index contributed by atoms with van der Waals surface area (Å²) in [5, 5.41) is 3.18. The molecule has 0 aliphatic carbocycles. The Morgan fingerprint density at radius 3 is 2.40 bits per heavy atom. The first kappa shape index (κ1) is 14.7. The Bertz CT molecular complexity index is 562. The molecule has 5 nitrogen and oxygen atoms in total. The molecule has 1 N–H and O–H groups in total. The van der Waals surface area contributed by atoms with Gasteiger partial charge in [0, 0.05) is 24.5 Å². The predicted octanol–water partition coefficient (Wildman–Crippen LogP) is 3.19. The van der Waals surface area contributed by atoms with E-state index in [-0.39, 0.29) is 0 Å². The van der Waals surface area contributed by atoms with Crippen LogP contribution in [0.2, 0.25) is 0 Å². The van der Waals surface area contributed by atoms with E-state index in [1.165, 1.54) is 4.88 Å². The van der Waals surface area contributed by atoms with E-state index in [2.05, 4.69) is 58.1 Å². The van der Waals surface area contributed by atoms with Crippen molar-refractivity contribution in [3.63, 3.8) is 0 Å². The fourth-order valence-electron chi connectivity index (χ4n) is 1.91. The van der Waals surface area contributed by atoms with Gasteiger partial charge in [0.05, 0.1) is 4.88 Å². The van der Waals surface area contributed by atoms with E-state index >= 15 is 0 Å². The van der Waals surface area contributed by atoms with E-state index in [4.69, 9.17) is 0 Å². The maximum atomic E-state index is 4.62. The molecule has 2 heterocycles. The van der Waals surface area contributed by atoms with Crippen LogP contribution < -0.4 is 10.2 Å². The smallest absolute Gasteiger partial charge is 0.230 e. The van der Waals surface area contributed by atoms with Gasteiger partial charge in [-0.2, -0.15) is 15.0 Å². The maximum Gasteiger partial charge on any atom is 0.230 e. The zero-order chi connectivity index (χ0) is 14.5. The summed E-state index contributed by atoms with van der Waals surface area (Å²) in [5.41, 5.74) is 0. The van der Waals surface area contributed by atoms with Crippen LogP contribution in [0.1, 0.15) is 25.6 Å². The van der Waals surface area contributed by atoms with Crippen molar-refractivity contribution in [1.29, 1.82) is 0 Å². The van der Waals surface area contributed by atoms with Crippen molar-refractivity contribution in [2.24, 2.45) is 0 Å². The Morgan fingerprint density at radius 2 is 1.85 bits per heavy atom. The third kappa shape index (κ3) is 3.25. The fourth-order valence-corrected chi connectivity index (χ4v) is 2.72. The van der Waals surface area contributed by atoms with E-state index in [0.717, 1.165) is 36.3 Å². The highest BCUT2D eigenvalue weighted by molar-refractivity contribution is 7.15. The van der Waals surface area contributed by atoms with Gasteiger partial charge in [0.2, 0.25) is 11.9 Å². The summed E-state index contributed by atoms with van der Waals surface area (Å²) < 4.78 is 0. The number of nitrogens with one attached hydrogen (secondary N) is 1. The Hall–Kier alpha value is -1.69. The molecule has 0 aliphatic rings. The van der Waals surface area contributed by atoms with Crippen molar-refractivity contribution in [1.82, 2.24) is 15.0 Å². The summed E-state index contributed by atoms with van der Waals surface area (Å²) in [6.45, 7) is 10.9. The monoisotopic (exact) mass is 291 g/mol. The molecule has 0 bridgehead atoms. The van der Waals surface area contributed by atoms with Gasteiger partial charge in [0.15, 0.2) is 5.82 Å². The lowest BCUT2D eigenvalue weighted by molar-refractivity contribution is 0.814. The number of rotatable bonds is 6. The van der Waals surface area contributed by atoms with Gasteiger partial charge in [-0.3, -0.25) is 0 Å². The molecule has 108 valence electrons. The average Bonchev–Trinajstić information content (AvgIpc) is 2.87. The molecule has 0 aliphatic heterocycles. The minimum absolute atomic E-state index is 0.644. The van der Waals surface area contributed by atoms with Crippen molar-refractivity contribution < 1.29 is 0 Å². The van der Waals surface area contributed by atoms with Crippen LogP contribution in [0, 0.1) is 6.92 Å². The normalized spacial score (nSPS) is 10.6. The number of aromatic nitrogens is 3. The first-order valence-electron chi connectivity index (χ1n) is 6.99. The van der Waals surface area contributed by atoms with Crippen LogP contribution in [0.25, 0.3) is 10.7 Å². The molecular formula is C14H21N5S. The van der Waals surface area contributed by atoms with Gasteiger partial charge < -0.3 is 10.2 Å². The van der Waals surface area contributed by atoms with Crippen LogP contribution in [-0.2, 0) is 0 Å². The second-order valence-electron chi connectivity index (χ2n) is 4.40. The molecule has 0 atom stereocenters. The third-order valence-corrected chi connectivity index (χ3v) is 3.96. The average molecular weight is 291 g/mol. The zero-order valence-corrected chi connectivity index (χ0v) is 13.3. The molecular weight excluding hydrogens is 270 g/mol. The van der Waals surface area contributed by atoms with E-state index < -0.39 is 0 Å². The van der Waals surface area contributed by atoms with Crippen molar-refractivity contribution in [2.75, 3.05) is 29.9 Å². The summed E-state index contributed by atoms with van der Waals surface area (Å²) in [4.78, 5) is 18.1. The van der Waals surface area contributed by atoms with Crippen LogP contribution in [0.15, 0.2) is 12.1 Å². The van der Waals surface area contributed by atoms with Crippen molar-refractivity contribution in [3.05, 3.63) is 17.0 Å². The summed E-state index contributed by atoms with van der Waals surface area (Å²) >= 11 is 1.70. The van der Waals surface area contributed by atoms with Crippen LogP contribution in [-0.4, -0.2) is 34.6 Å². The predicted molar refractivity (Wildman–Crippen MR) is 85.6 cm³/mol. The van der Waals surface area contributed by atoms with Gasteiger partial charge in [-0.15, -0.1) is 11.3 Å². The number of anilines is 2. The topological polar surface area (TPSA) is 53.9 Å². The molecule has 0 amide bonds. The quantitative estimate of drug-likeness (QED) is 0.886. The summed E-state index contributed by atoms with van der Waals surface area (Å²) in [6, 6.07) is 4.16. The fraction of sp³-hybridized carbons (Fsp3) is 0.500. The van der Waals surface area contributed by atoms with Crippen LogP contribution in [0.4, 0.5) is 11.9 Å². The molecule has 0 spiro atoms. The molecule has 6 heteroatoms. The molecule has 2 aromatic heterocycles. The van der Waals surface area contributed by atoms with Gasteiger partial charge in [-0.1, -0.05) is 0 Å². The SMILES string of the molecule is CCNc1nc(-c2ccc(C)s2)nc(N(CC)CC)n1. The molecule has 0 radical (unpaired) electrons. The Labute approximate surface area is 124 Å². The highest BCUT2D eigenvalue weighted by atomic mass is 32.1. The molecule has 0 aromatic carbocycles. The van der Waals surface area contributed by atoms with E-state index in [9.17, 15) is 0 Å². The van der Waals surface area contributed by atoms with Gasteiger partial charge >= 0.3 is 0 Å². The number of hydrogen-bond donors (Lipinski definition) is 1. The second kappa shape index (κ2) is 6.65. The molecule has 0 fully saturated rings. The molecule has 0 unspecified atom stereocenters. The first-order valence-corrected chi connectivity index (χ1v) is 7.81. The lowest BCUT2D eigenvalue weighted by Crippen LogP contribution is -2.25. The summed E-state index contributed by atoms with van der Waals surface area (Å²) in [6.07, 6.45) is 0. The zero-order valence-electron chi connectivity index (χ0n) is 12.5. The van der Waals surface area contributed by atoms with Crippen molar-refractivity contribution in [2.45, 2.75) is 27.7 Å². The van der Waals surface area contributed by atoms with Crippen LogP contribution in [0.5, 0.6) is 0 Å². The van der Waals surface area contributed by atoms with Gasteiger partial charge in [-0.05, 0) is 39.8 Å². The first-order chi connectivity index (χ1) is 9.67. The molecule has 2 rings (SSSR count). The molecule has 0 saturated heterocycles. The highest BCUT2D eigenvalue weighted by Gasteiger charge is 2.13. The number of aryl methyl sites for hydroxylation is 1. The van der Waals surface area contributed by atoms with Crippen molar-refractivity contribution in [3.8, 4) is 10.7 Å². The lowest BCUT2D eigenvalue weighted by Gasteiger charge is -2.19. The number of hydrogen-bond acceptors (Lipinski definition) is 6. The maximum absolute atomic E-state index is 4.62. The number of thiophene rings is 1. The Morgan fingerprint density at radius 1 is 1.10 bits per heavy atom. The third-order valence-electron chi connectivity index (χ3n) is 2.97. The van der Waals surface area contributed by atoms with Gasteiger partial charge in [0.25, 0.3) is 0 Å².